The number of ether oxygens (including phenoxy) is 1. The average molecular weight is 286 g/mol. The molecule has 1 heterocycles. The Morgan fingerprint density at radius 1 is 1.42 bits per heavy atom. The van der Waals surface area contributed by atoms with Gasteiger partial charge in [-0.3, -0.25) is 4.79 Å². The third-order valence-corrected chi connectivity index (χ3v) is 3.40. The fourth-order valence-corrected chi connectivity index (χ4v) is 2.26. The summed E-state index contributed by atoms with van der Waals surface area (Å²) < 4.78 is 19.1. The number of benzene rings is 1. The highest BCUT2D eigenvalue weighted by Crippen LogP contribution is 2.15. The smallest absolute Gasteiger partial charge is 0.162 e. The first-order chi connectivity index (χ1) is 9.15. The highest BCUT2D eigenvalue weighted by molar-refractivity contribution is 6.30. The van der Waals surface area contributed by atoms with Crippen molar-refractivity contribution in [3.63, 3.8) is 0 Å². The van der Waals surface area contributed by atoms with Crippen molar-refractivity contribution in [2.24, 2.45) is 0 Å². The van der Waals surface area contributed by atoms with Gasteiger partial charge >= 0.3 is 0 Å². The number of carbonyl (C=O) groups is 1. The van der Waals surface area contributed by atoms with E-state index in [1.807, 2.05) is 0 Å². The number of rotatable bonds is 5. The molecule has 0 aromatic heterocycles. The van der Waals surface area contributed by atoms with Crippen LogP contribution in [0.1, 0.15) is 18.4 Å². The monoisotopic (exact) mass is 285 g/mol. The molecular formula is C14H17ClFNO2. The maximum Gasteiger partial charge on any atom is 0.162 e. The predicted molar refractivity (Wildman–Crippen MR) is 72.0 cm³/mol. The molecule has 2 rings (SSSR count). The van der Waals surface area contributed by atoms with Crippen molar-refractivity contribution in [1.82, 2.24) is 5.32 Å². The summed E-state index contributed by atoms with van der Waals surface area (Å²) in [7, 11) is 0. The molecule has 1 aliphatic heterocycles. The Balaban J connectivity index is 1.80. The molecule has 1 aromatic carbocycles. The van der Waals surface area contributed by atoms with Crippen LogP contribution >= 0.6 is 11.6 Å². The molecule has 5 heteroatoms. The number of piperidine rings is 1. The fraction of sp³-hybridized carbons (Fsp3) is 0.500. The maximum atomic E-state index is 13.5. The van der Waals surface area contributed by atoms with Crippen molar-refractivity contribution < 1.29 is 13.9 Å². The van der Waals surface area contributed by atoms with Gasteiger partial charge in [0.05, 0.1) is 6.10 Å². The van der Waals surface area contributed by atoms with E-state index in [1.54, 1.807) is 12.1 Å². The number of carbonyl (C=O) groups excluding carboxylic acids is 1. The van der Waals surface area contributed by atoms with Crippen LogP contribution in [0.25, 0.3) is 0 Å². The number of nitrogens with one attached hydrogen (secondary N) is 1. The van der Waals surface area contributed by atoms with Gasteiger partial charge in [0.1, 0.15) is 12.4 Å². The summed E-state index contributed by atoms with van der Waals surface area (Å²) in [5.74, 6) is -0.553. The van der Waals surface area contributed by atoms with Crippen molar-refractivity contribution in [3.05, 3.63) is 34.6 Å². The minimum Gasteiger partial charge on any atom is -0.370 e. The third-order valence-electron chi connectivity index (χ3n) is 3.17. The highest BCUT2D eigenvalue weighted by Gasteiger charge is 2.15. The molecular weight excluding hydrogens is 269 g/mol. The van der Waals surface area contributed by atoms with Gasteiger partial charge in [0.2, 0.25) is 0 Å². The van der Waals surface area contributed by atoms with Gasteiger partial charge < -0.3 is 10.1 Å². The van der Waals surface area contributed by atoms with Crippen LogP contribution in [0.5, 0.6) is 0 Å². The molecule has 0 amide bonds. The van der Waals surface area contributed by atoms with Gasteiger partial charge in [0.25, 0.3) is 0 Å². The Morgan fingerprint density at radius 3 is 2.84 bits per heavy atom. The first-order valence-electron chi connectivity index (χ1n) is 6.43. The molecule has 0 unspecified atom stereocenters. The molecule has 1 aromatic rings. The lowest BCUT2D eigenvalue weighted by Crippen LogP contribution is -2.33. The third kappa shape index (κ3) is 4.56. The summed E-state index contributed by atoms with van der Waals surface area (Å²) in [6.45, 7) is 1.89. The maximum absolute atomic E-state index is 13.5. The van der Waals surface area contributed by atoms with Crippen molar-refractivity contribution in [2.45, 2.75) is 25.4 Å². The first-order valence-corrected chi connectivity index (χ1v) is 6.81. The van der Waals surface area contributed by atoms with Crippen molar-refractivity contribution in [2.75, 3.05) is 19.7 Å². The second-order valence-electron chi connectivity index (χ2n) is 4.71. The van der Waals surface area contributed by atoms with Gasteiger partial charge in [0, 0.05) is 11.4 Å². The molecule has 0 atom stereocenters. The van der Waals surface area contributed by atoms with E-state index >= 15 is 0 Å². The lowest BCUT2D eigenvalue weighted by Gasteiger charge is -2.22. The minimum atomic E-state index is -0.442. The zero-order chi connectivity index (χ0) is 13.7. The molecule has 1 fully saturated rings. The van der Waals surface area contributed by atoms with Crippen molar-refractivity contribution in [3.8, 4) is 0 Å². The molecule has 0 saturated carbocycles. The SMILES string of the molecule is O=C(COC1CCNCC1)Cc1ccc(Cl)cc1F. The molecule has 1 N–H and O–H groups in total. The van der Waals surface area contributed by atoms with E-state index < -0.39 is 5.82 Å². The Labute approximate surface area is 117 Å². The van der Waals surface area contributed by atoms with Crippen LogP contribution in [-0.4, -0.2) is 31.6 Å². The van der Waals surface area contributed by atoms with Gasteiger partial charge in [-0.15, -0.1) is 0 Å². The first kappa shape index (κ1) is 14.4. The standard InChI is InChI=1S/C14H17ClFNO2/c15-11-2-1-10(14(16)8-11)7-12(18)9-19-13-3-5-17-6-4-13/h1-2,8,13,17H,3-7,9H2. The minimum absolute atomic E-state index is 0.0483. The number of hydrogen-bond acceptors (Lipinski definition) is 3. The summed E-state index contributed by atoms with van der Waals surface area (Å²) in [6.07, 6.45) is 2.03. The molecule has 1 aliphatic rings. The predicted octanol–water partition coefficient (Wildman–Crippen LogP) is 2.36. The van der Waals surface area contributed by atoms with E-state index in [2.05, 4.69) is 5.32 Å². The molecule has 0 radical (unpaired) electrons. The van der Waals surface area contributed by atoms with Crippen LogP contribution in [0, 0.1) is 5.82 Å². The number of ketones is 1. The molecule has 1 saturated heterocycles. The Morgan fingerprint density at radius 2 is 2.16 bits per heavy atom. The van der Waals surface area contributed by atoms with Crippen LogP contribution in [-0.2, 0) is 16.0 Å². The van der Waals surface area contributed by atoms with E-state index in [0.717, 1.165) is 25.9 Å². The molecule has 19 heavy (non-hydrogen) atoms. The van der Waals surface area contributed by atoms with E-state index in [0.29, 0.717) is 10.6 Å². The van der Waals surface area contributed by atoms with Crippen LogP contribution in [0.2, 0.25) is 5.02 Å². The Bertz CT molecular complexity index is 447. The molecule has 0 spiro atoms. The second-order valence-corrected chi connectivity index (χ2v) is 5.15. The summed E-state index contributed by atoms with van der Waals surface area (Å²) in [4.78, 5) is 11.8. The number of halogens is 2. The second kappa shape index (κ2) is 6.98. The topological polar surface area (TPSA) is 38.3 Å². The fourth-order valence-electron chi connectivity index (χ4n) is 2.10. The van der Waals surface area contributed by atoms with Crippen LogP contribution < -0.4 is 5.32 Å². The zero-order valence-corrected chi connectivity index (χ0v) is 11.4. The van der Waals surface area contributed by atoms with Crippen LogP contribution in [0.15, 0.2) is 18.2 Å². The van der Waals surface area contributed by atoms with Gasteiger partial charge in [-0.25, -0.2) is 4.39 Å². The van der Waals surface area contributed by atoms with Gasteiger partial charge in [-0.2, -0.15) is 0 Å². The Kier molecular flexibility index (Phi) is 5.31. The molecule has 3 nitrogen and oxygen atoms in total. The number of hydrogen-bond donors (Lipinski definition) is 1. The summed E-state index contributed by atoms with van der Waals surface area (Å²) >= 11 is 5.66. The molecule has 104 valence electrons. The van der Waals surface area contributed by atoms with Crippen molar-refractivity contribution >= 4 is 17.4 Å². The Hall–Kier alpha value is -0.970. The quantitative estimate of drug-likeness (QED) is 0.903. The summed E-state index contributed by atoms with van der Waals surface area (Å²) in [5, 5.41) is 3.56. The van der Waals surface area contributed by atoms with Gasteiger partial charge in [0.15, 0.2) is 5.78 Å². The largest absolute Gasteiger partial charge is 0.370 e. The normalized spacial score (nSPS) is 16.5. The zero-order valence-electron chi connectivity index (χ0n) is 10.6. The lowest BCUT2D eigenvalue weighted by molar-refractivity contribution is -0.125. The average Bonchev–Trinajstić information content (AvgIpc) is 2.41. The van der Waals surface area contributed by atoms with Crippen molar-refractivity contribution in [1.29, 1.82) is 0 Å². The number of Topliss-reactive ketones (excluding diaryl/α,β-unsaturated/α-hetero) is 1. The van der Waals surface area contributed by atoms with E-state index in [1.165, 1.54) is 6.07 Å². The van der Waals surface area contributed by atoms with E-state index in [9.17, 15) is 9.18 Å². The summed E-state index contributed by atoms with van der Waals surface area (Å²) in [6, 6.07) is 4.35. The van der Waals surface area contributed by atoms with Crippen LogP contribution in [0.3, 0.4) is 0 Å². The summed E-state index contributed by atoms with van der Waals surface area (Å²) in [5.41, 5.74) is 0.364. The highest BCUT2D eigenvalue weighted by atomic mass is 35.5. The van der Waals surface area contributed by atoms with Gasteiger partial charge in [-0.05, 0) is 43.6 Å². The van der Waals surface area contributed by atoms with Crippen LogP contribution in [0.4, 0.5) is 4.39 Å². The lowest BCUT2D eigenvalue weighted by atomic mass is 10.1. The van der Waals surface area contributed by atoms with Gasteiger partial charge in [-0.1, -0.05) is 17.7 Å². The van der Waals surface area contributed by atoms with E-state index in [4.69, 9.17) is 16.3 Å². The molecule has 0 bridgehead atoms. The van der Waals surface area contributed by atoms with E-state index in [-0.39, 0.29) is 24.9 Å². The molecule has 0 aliphatic carbocycles.